The molecule has 2 N–H and O–H groups in total. The van der Waals surface area contributed by atoms with Gasteiger partial charge in [0.15, 0.2) is 5.82 Å². The maximum Gasteiger partial charge on any atom is 0.414 e. The molecule has 2 amide bonds. The fourth-order valence-corrected chi connectivity index (χ4v) is 6.28. The summed E-state index contributed by atoms with van der Waals surface area (Å²) in [5.41, 5.74) is 7.88. The summed E-state index contributed by atoms with van der Waals surface area (Å²) in [5.74, 6) is 1.37. The van der Waals surface area contributed by atoms with Crippen LogP contribution < -0.4 is 0 Å². The van der Waals surface area contributed by atoms with Gasteiger partial charge in [0.05, 0.1) is 29.5 Å². The first-order valence-corrected chi connectivity index (χ1v) is 16.9. The molecule has 0 bridgehead atoms. The van der Waals surface area contributed by atoms with Gasteiger partial charge in [0.2, 0.25) is 0 Å². The Morgan fingerprint density at radius 2 is 1.33 bits per heavy atom. The Morgan fingerprint density at radius 1 is 0.796 bits per heavy atom. The van der Waals surface area contributed by atoms with Crippen LogP contribution in [0.1, 0.15) is 85.9 Å². The van der Waals surface area contributed by atoms with Crippen molar-refractivity contribution in [1.82, 2.24) is 29.7 Å². The molecule has 2 aliphatic rings. The quantitative estimate of drug-likeness (QED) is 0.199. The van der Waals surface area contributed by atoms with Gasteiger partial charge in [-0.3, -0.25) is 9.80 Å². The van der Waals surface area contributed by atoms with E-state index in [4.69, 9.17) is 14.5 Å². The molecule has 0 radical (unpaired) electrons. The monoisotopic (exact) mass is 662 g/mol. The molecule has 2 aromatic carbocycles. The van der Waals surface area contributed by atoms with Gasteiger partial charge in [-0.15, -0.1) is 0 Å². The van der Waals surface area contributed by atoms with E-state index in [9.17, 15) is 9.59 Å². The number of nitrogens with zero attached hydrogens (tertiary/aromatic N) is 4. The first-order valence-electron chi connectivity index (χ1n) is 16.9. The molecule has 256 valence electrons. The predicted octanol–water partition coefficient (Wildman–Crippen LogP) is 9.13. The minimum Gasteiger partial charge on any atom is -0.444 e. The summed E-state index contributed by atoms with van der Waals surface area (Å²) < 4.78 is 11.3. The number of ether oxygens (including phenoxy) is 2. The number of carbonyl (C=O) groups is 2. The summed E-state index contributed by atoms with van der Waals surface area (Å²) in [7, 11) is 0. The zero-order valence-corrected chi connectivity index (χ0v) is 29.7. The van der Waals surface area contributed by atoms with Gasteiger partial charge in [0.1, 0.15) is 23.1 Å². The van der Waals surface area contributed by atoms with Crippen molar-refractivity contribution in [3.8, 4) is 33.6 Å². The van der Waals surface area contributed by atoms with Gasteiger partial charge in [0, 0.05) is 13.1 Å². The molecule has 0 unspecified atom stereocenters. The van der Waals surface area contributed by atoms with E-state index in [-0.39, 0.29) is 18.2 Å². The van der Waals surface area contributed by atoms with Crippen LogP contribution in [0.5, 0.6) is 0 Å². The third-order valence-corrected chi connectivity index (χ3v) is 8.69. The summed E-state index contributed by atoms with van der Waals surface area (Å²) in [5, 5.41) is 0. The molecule has 10 nitrogen and oxygen atoms in total. The van der Waals surface area contributed by atoms with Crippen molar-refractivity contribution in [1.29, 1.82) is 0 Å². The molecule has 0 spiro atoms. The van der Waals surface area contributed by atoms with Gasteiger partial charge in [-0.05, 0) is 94.7 Å². The third kappa shape index (κ3) is 7.33. The van der Waals surface area contributed by atoms with Crippen molar-refractivity contribution in [3.05, 3.63) is 89.8 Å². The fraction of sp³-hybridized carbons (Fsp3) is 0.385. The fourth-order valence-electron chi connectivity index (χ4n) is 6.28. The molecular formula is C39H46N6O4. The van der Waals surface area contributed by atoms with E-state index < -0.39 is 11.2 Å². The highest BCUT2D eigenvalue weighted by Crippen LogP contribution is 2.38. The van der Waals surface area contributed by atoms with Crippen molar-refractivity contribution < 1.29 is 19.1 Å². The van der Waals surface area contributed by atoms with E-state index >= 15 is 0 Å². The standard InChI is InChI=1S/C39H46N6O4/c1-9-25-23-45(37(47)49-39(6,7)8)33(24(25)2)35-41-22-31(43-35)29-18-14-27(15-19-29)26-12-16-28(17-13-26)30-21-40-34(42-30)32-11-10-20-44(32)36(46)48-38(3,4)5/h11-19,21-22,33H,9-10,20,23H2,1-8H3,(H,40,42)(H,41,43)/t33-/m0/s1. The highest BCUT2D eigenvalue weighted by Gasteiger charge is 2.38. The van der Waals surface area contributed by atoms with E-state index in [1.54, 1.807) is 16.0 Å². The molecule has 49 heavy (non-hydrogen) atoms. The SMILES string of the molecule is CCC1=C(C)[C@@H](c2ncc(-c3ccc(-c4ccc(-c5cnc(C6=CCCN6C(=O)OC(C)(C)C)[nH]5)cc4)cc3)[nH]2)N(C(=O)OC(C)(C)C)C1. The largest absolute Gasteiger partial charge is 0.444 e. The number of benzene rings is 2. The summed E-state index contributed by atoms with van der Waals surface area (Å²) in [6.07, 6.45) is 6.56. The number of imidazole rings is 2. The van der Waals surface area contributed by atoms with Crippen molar-refractivity contribution in [2.24, 2.45) is 0 Å². The number of hydrogen-bond donors (Lipinski definition) is 2. The topological polar surface area (TPSA) is 116 Å². The number of aromatic nitrogens is 4. The lowest BCUT2D eigenvalue weighted by Gasteiger charge is -2.28. The number of nitrogens with one attached hydrogen (secondary N) is 2. The minimum atomic E-state index is -0.580. The molecule has 4 heterocycles. The Labute approximate surface area is 288 Å². The van der Waals surface area contributed by atoms with E-state index in [0.29, 0.717) is 18.9 Å². The number of carbonyl (C=O) groups excluding carboxylic acids is 2. The maximum absolute atomic E-state index is 13.1. The summed E-state index contributed by atoms with van der Waals surface area (Å²) in [6.45, 7) is 16.5. The second-order valence-electron chi connectivity index (χ2n) is 14.6. The van der Waals surface area contributed by atoms with Crippen LogP contribution in [0.4, 0.5) is 9.59 Å². The molecule has 6 rings (SSSR count). The predicted molar refractivity (Wildman–Crippen MR) is 191 cm³/mol. The van der Waals surface area contributed by atoms with Crippen molar-refractivity contribution in [2.45, 2.75) is 85.5 Å². The molecule has 2 aromatic heterocycles. The molecule has 10 heteroatoms. The first-order chi connectivity index (χ1) is 23.2. The van der Waals surface area contributed by atoms with Crippen molar-refractivity contribution in [3.63, 3.8) is 0 Å². The van der Waals surface area contributed by atoms with Gasteiger partial charge in [-0.2, -0.15) is 0 Å². The van der Waals surface area contributed by atoms with Crippen LogP contribution in [0.15, 0.2) is 78.1 Å². The summed E-state index contributed by atoms with van der Waals surface area (Å²) in [4.78, 5) is 45.5. The Kier molecular flexibility index (Phi) is 9.00. The molecule has 0 aliphatic carbocycles. The van der Waals surface area contributed by atoms with E-state index in [0.717, 1.165) is 63.6 Å². The van der Waals surface area contributed by atoms with Crippen LogP contribution >= 0.6 is 0 Å². The molecular weight excluding hydrogens is 616 g/mol. The lowest BCUT2D eigenvalue weighted by Crippen LogP contribution is -2.37. The average Bonchev–Trinajstić information content (AvgIpc) is 3.85. The lowest BCUT2D eigenvalue weighted by atomic mass is 10.0. The van der Waals surface area contributed by atoms with E-state index in [2.05, 4.69) is 77.3 Å². The zero-order chi connectivity index (χ0) is 35.1. The summed E-state index contributed by atoms with van der Waals surface area (Å²) >= 11 is 0. The zero-order valence-electron chi connectivity index (χ0n) is 29.7. The summed E-state index contributed by atoms with van der Waals surface area (Å²) in [6, 6.07) is 16.4. The van der Waals surface area contributed by atoms with Gasteiger partial charge < -0.3 is 19.4 Å². The van der Waals surface area contributed by atoms with Gasteiger partial charge in [-0.1, -0.05) is 61.5 Å². The minimum absolute atomic E-state index is 0.291. The number of H-pyrrole nitrogens is 2. The van der Waals surface area contributed by atoms with Gasteiger partial charge in [-0.25, -0.2) is 19.6 Å². The lowest BCUT2D eigenvalue weighted by molar-refractivity contribution is 0.0226. The second-order valence-corrected chi connectivity index (χ2v) is 14.6. The van der Waals surface area contributed by atoms with Crippen LogP contribution in [-0.4, -0.2) is 66.2 Å². The van der Waals surface area contributed by atoms with Crippen molar-refractivity contribution >= 4 is 17.9 Å². The number of amides is 2. The smallest absolute Gasteiger partial charge is 0.414 e. The maximum atomic E-state index is 13.1. The second kappa shape index (κ2) is 13.1. The Bertz CT molecular complexity index is 1900. The molecule has 4 aromatic rings. The Hall–Kier alpha value is -5.12. The number of aromatic amines is 2. The number of hydrogen-bond acceptors (Lipinski definition) is 6. The van der Waals surface area contributed by atoms with Crippen LogP contribution in [0.25, 0.3) is 39.3 Å². The Morgan fingerprint density at radius 3 is 1.90 bits per heavy atom. The average molecular weight is 663 g/mol. The molecule has 0 fully saturated rings. The first kappa shape index (κ1) is 33.8. The van der Waals surface area contributed by atoms with E-state index in [1.807, 2.05) is 53.8 Å². The molecule has 2 aliphatic heterocycles. The molecule has 1 atom stereocenters. The number of rotatable bonds is 6. The van der Waals surface area contributed by atoms with Crippen LogP contribution in [0.2, 0.25) is 0 Å². The Balaban J connectivity index is 1.15. The van der Waals surface area contributed by atoms with Crippen LogP contribution in [0, 0.1) is 0 Å². The van der Waals surface area contributed by atoms with Gasteiger partial charge >= 0.3 is 12.2 Å². The van der Waals surface area contributed by atoms with Crippen LogP contribution in [-0.2, 0) is 9.47 Å². The third-order valence-electron chi connectivity index (χ3n) is 8.69. The van der Waals surface area contributed by atoms with Crippen LogP contribution in [0.3, 0.4) is 0 Å². The van der Waals surface area contributed by atoms with Gasteiger partial charge in [0.25, 0.3) is 0 Å². The molecule has 0 saturated carbocycles. The highest BCUT2D eigenvalue weighted by molar-refractivity contribution is 5.82. The highest BCUT2D eigenvalue weighted by atomic mass is 16.6. The van der Waals surface area contributed by atoms with Crippen molar-refractivity contribution in [2.75, 3.05) is 13.1 Å². The van der Waals surface area contributed by atoms with E-state index in [1.165, 1.54) is 5.57 Å². The normalized spacial score (nSPS) is 16.7. The molecule has 0 saturated heterocycles.